The van der Waals surface area contributed by atoms with Gasteiger partial charge >= 0.3 is 12.1 Å². The Balaban J connectivity index is 1.36. The van der Waals surface area contributed by atoms with Gasteiger partial charge in [0, 0.05) is 18.9 Å². The van der Waals surface area contributed by atoms with Crippen LogP contribution in [0.5, 0.6) is 0 Å². The lowest BCUT2D eigenvalue weighted by Crippen LogP contribution is -2.46. The fourth-order valence-corrected chi connectivity index (χ4v) is 5.55. The van der Waals surface area contributed by atoms with Gasteiger partial charge in [-0.25, -0.2) is 9.59 Å². The molecule has 2 amide bonds. The highest BCUT2D eigenvalue weighted by Crippen LogP contribution is 2.44. The molecule has 0 heterocycles. The van der Waals surface area contributed by atoms with Crippen molar-refractivity contribution in [3.8, 4) is 11.1 Å². The van der Waals surface area contributed by atoms with Crippen molar-refractivity contribution in [2.24, 2.45) is 5.41 Å². The van der Waals surface area contributed by atoms with Gasteiger partial charge in [0.2, 0.25) is 5.91 Å². The number of hydrogen-bond donors (Lipinski definition) is 3. The number of alkyl carbamates (subject to hydrolysis) is 1. The van der Waals surface area contributed by atoms with E-state index in [-0.39, 0.29) is 30.3 Å². The second-order valence-corrected chi connectivity index (χ2v) is 9.78. The van der Waals surface area contributed by atoms with Gasteiger partial charge in [-0.05, 0) is 46.9 Å². The van der Waals surface area contributed by atoms with E-state index in [4.69, 9.17) is 4.74 Å². The normalized spacial score (nSPS) is 17.1. The highest BCUT2D eigenvalue weighted by molar-refractivity contribution is 5.84. The number of amides is 2. The fourth-order valence-electron chi connectivity index (χ4n) is 5.55. The molecule has 0 aliphatic heterocycles. The Morgan fingerprint density at radius 3 is 2.17 bits per heavy atom. The molecule has 0 spiro atoms. The quantitative estimate of drug-likeness (QED) is 0.478. The Kier molecular flexibility index (Phi) is 7.73. The van der Waals surface area contributed by atoms with E-state index in [2.05, 4.69) is 34.9 Å². The van der Waals surface area contributed by atoms with Crippen LogP contribution in [0.25, 0.3) is 11.1 Å². The molecule has 0 bridgehead atoms. The first-order valence-electron chi connectivity index (χ1n) is 12.5. The predicted octanol–water partition coefficient (Wildman–Crippen LogP) is 4.85. The van der Waals surface area contributed by atoms with Gasteiger partial charge in [-0.2, -0.15) is 0 Å². The lowest BCUT2D eigenvalue weighted by atomic mass is 9.71. The Morgan fingerprint density at radius 2 is 1.60 bits per heavy atom. The highest BCUT2D eigenvalue weighted by atomic mass is 16.5. The molecule has 2 aromatic carbocycles. The van der Waals surface area contributed by atoms with Crippen LogP contribution in [-0.2, 0) is 14.3 Å². The van der Waals surface area contributed by atoms with Crippen molar-refractivity contribution in [2.75, 3.05) is 13.2 Å². The number of carbonyl (C=O) groups excluding carboxylic acids is 2. The monoisotopic (exact) mass is 478 g/mol. The average molecular weight is 479 g/mol. The van der Waals surface area contributed by atoms with Gasteiger partial charge in [0.1, 0.15) is 12.6 Å². The fraction of sp³-hybridized carbons (Fsp3) is 0.464. The number of benzene rings is 2. The number of rotatable bonds is 9. The van der Waals surface area contributed by atoms with Crippen LogP contribution >= 0.6 is 0 Å². The molecule has 1 fully saturated rings. The standard InChI is InChI=1S/C28H34N2O5/c1-2-24(26(32)33)30-25(31)16-28(14-8-3-9-15-28)18-29-27(34)35-17-23-21-12-6-4-10-19(21)20-11-5-7-13-22(20)23/h4-7,10-13,23-24H,2-3,8-9,14-18H2,1H3,(H,29,34)(H,30,31)(H,32,33)/t24-/m1/s1. The van der Waals surface area contributed by atoms with E-state index in [0.717, 1.165) is 43.2 Å². The third-order valence-electron chi connectivity index (χ3n) is 7.44. The summed E-state index contributed by atoms with van der Waals surface area (Å²) in [6, 6.07) is 15.5. The molecule has 1 atom stereocenters. The van der Waals surface area contributed by atoms with Gasteiger partial charge < -0.3 is 20.5 Å². The summed E-state index contributed by atoms with van der Waals surface area (Å²) in [5, 5.41) is 14.8. The summed E-state index contributed by atoms with van der Waals surface area (Å²) in [6.45, 7) is 2.30. The largest absolute Gasteiger partial charge is 0.480 e. The van der Waals surface area contributed by atoms with E-state index in [0.29, 0.717) is 13.0 Å². The number of carbonyl (C=O) groups is 3. The maximum absolute atomic E-state index is 12.7. The van der Waals surface area contributed by atoms with Crippen molar-refractivity contribution < 1.29 is 24.2 Å². The zero-order chi connectivity index (χ0) is 24.8. The van der Waals surface area contributed by atoms with Crippen molar-refractivity contribution in [1.82, 2.24) is 10.6 Å². The molecule has 2 aliphatic carbocycles. The predicted molar refractivity (Wildman–Crippen MR) is 133 cm³/mol. The smallest absolute Gasteiger partial charge is 0.407 e. The molecular formula is C28H34N2O5. The molecule has 35 heavy (non-hydrogen) atoms. The first kappa shape index (κ1) is 24.8. The zero-order valence-electron chi connectivity index (χ0n) is 20.2. The second kappa shape index (κ2) is 10.9. The van der Waals surface area contributed by atoms with Crippen molar-refractivity contribution >= 4 is 18.0 Å². The van der Waals surface area contributed by atoms with Gasteiger partial charge in [-0.1, -0.05) is 74.7 Å². The summed E-state index contributed by atoms with van der Waals surface area (Å²) in [5.74, 6) is -1.32. The second-order valence-electron chi connectivity index (χ2n) is 9.78. The van der Waals surface area contributed by atoms with Gasteiger partial charge in [0.15, 0.2) is 0 Å². The molecular weight excluding hydrogens is 444 g/mol. The van der Waals surface area contributed by atoms with Gasteiger partial charge in [0.25, 0.3) is 0 Å². The molecule has 4 rings (SSSR count). The first-order chi connectivity index (χ1) is 16.9. The number of fused-ring (bicyclic) bond motifs is 3. The zero-order valence-corrected chi connectivity index (χ0v) is 20.2. The molecule has 0 saturated heterocycles. The van der Waals surface area contributed by atoms with E-state index >= 15 is 0 Å². The maximum atomic E-state index is 12.7. The minimum Gasteiger partial charge on any atom is -0.480 e. The van der Waals surface area contributed by atoms with Gasteiger partial charge in [0.05, 0.1) is 0 Å². The van der Waals surface area contributed by atoms with Crippen LogP contribution in [0.4, 0.5) is 4.79 Å². The van der Waals surface area contributed by atoms with E-state index < -0.39 is 18.1 Å². The summed E-state index contributed by atoms with van der Waals surface area (Å²) in [5.41, 5.74) is 4.29. The Morgan fingerprint density at radius 1 is 1.00 bits per heavy atom. The van der Waals surface area contributed by atoms with Crippen LogP contribution in [0.15, 0.2) is 48.5 Å². The molecule has 7 nitrogen and oxygen atoms in total. The third kappa shape index (κ3) is 5.66. The Hall–Kier alpha value is -3.35. The van der Waals surface area contributed by atoms with E-state index in [1.165, 1.54) is 11.1 Å². The molecule has 186 valence electrons. The van der Waals surface area contributed by atoms with Crippen LogP contribution in [0.3, 0.4) is 0 Å². The molecule has 3 N–H and O–H groups in total. The van der Waals surface area contributed by atoms with Gasteiger partial charge in [-0.3, -0.25) is 4.79 Å². The molecule has 7 heteroatoms. The van der Waals surface area contributed by atoms with Crippen LogP contribution in [0.2, 0.25) is 0 Å². The van der Waals surface area contributed by atoms with Crippen LogP contribution in [-0.4, -0.2) is 42.3 Å². The van der Waals surface area contributed by atoms with Crippen molar-refractivity contribution in [2.45, 2.75) is 63.8 Å². The molecule has 0 unspecified atom stereocenters. The summed E-state index contributed by atoms with van der Waals surface area (Å²) >= 11 is 0. The molecule has 0 aromatic heterocycles. The van der Waals surface area contributed by atoms with E-state index in [1.54, 1.807) is 6.92 Å². The summed E-state index contributed by atoms with van der Waals surface area (Å²) in [4.78, 5) is 36.6. The van der Waals surface area contributed by atoms with Gasteiger partial charge in [-0.15, -0.1) is 0 Å². The van der Waals surface area contributed by atoms with E-state index in [1.807, 2.05) is 24.3 Å². The minimum atomic E-state index is -1.03. The molecule has 1 saturated carbocycles. The SMILES string of the molecule is CC[C@@H](NC(=O)CC1(CNC(=O)OCC2c3ccccc3-c3ccccc32)CCCCC1)C(=O)O. The van der Waals surface area contributed by atoms with E-state index in [9.17, 15) is 19.5 Å². The minimum absolute atomic E-state index is 0.00966. The summed E-state index contributed by atoms with van der Waals surface area (Å²) in [7, 11) is 0. The molecule has 2 aliphatic rings. The average Bonchev–Trinajstić information content (AvgIpc) is 3.19. The van der Waals surface area contributed by atoms with Crippen molar-refractivity contribution in [3.05, 3.63) is 59.7 Å². The molecule has 0 radical (unpaired) electrons. The van der Waals surface area contributed by atoms with Crippen molar-refractivity contribution in [1.29, 1.82) is 0 Å². The molecule has 2 aromatic rings. The summed E-state index contributed by atoms with van der Waals surface area (Å²) < 4.78 is 5.67. The lowest BCUT2D eigenvalue weighted by Gasteiger charge is -2.37. The highest BCUT2D eigenvalue weighted by Gasteiger charge is 2.36. The van der Waals surface area contributed by atoms with Crippen LogP contribution < -0.4 is 10.6 Å². The number of ether oxygens (including phenoxy) is 1. The van der Waals surface area contributed by atoms with Crippen LogP contribution in [0.1, 0.15) is 68.9 Å². The Labute approximate surface area is 206 Å². The number of carboxylic acids is 1. The maximum Gasteiger partial charge on any atom is 0.407 e. The topological polar surface area (TPSA) is 105 Å². The lowest BCUT2D eigenvalue weighted by molar-refractivity contribution is -0.142. The van der Waals surface area contributed by atoms with Crippen molar-refractivity contribution in [3.63, 3.8) is 0 Å². The summed E-state index contributed by atoms with van der Waals surface area (Å²) in [6.07, 6.45) is 4.72. The number of hydrogen-bond acceptors (Lipinski definition) is 4. The number of carboxylic acid groups (broad SMARTS) is 1. The number of nitrogens with one attached hydrogen (secondary N) is 2. The first-order valence-corrected chi connectivity index (χ1v) is 12.5. The number of aliphatic carboxylic acids is 1. The third-order valence-corrected chi connectivity index (χ3v) is 7.44. The van der Waals surface area contributed by atoms with Crippen LogP contribution in [0, 0.1) is 5.41 Å². The Bertz CT molecular complexity index is 1030.